The highest BCUT2D eigenvalue weighted by Gasteiger charge is 2.21. The topological polar surface area (TPSA) is 38.1 Å². The van der Waals surface area contributed by atoms with Gasteiger partial charge in [0.1, 0.15) is 0 Å². The Bertz CT molecular complexity index is 428. The minimum Gasteiger partial charge on any atom is -0.339 e. The van der Waals surface area contributed by atoms with Gasteiger partial charge in [0.2, 0.25) is 0 Å². The Morgan fingerprint density at radius 1 is 1.05 bits per heavy atom. The Balaban J connectivity index is 1.67. The van der Waals surface area contributed by atoms with Crippen molar-refractivity contribution >= 4 is 5.91 Å². The SMILES string of the molecule is O=C(c1cnn(C2CCCCC2)c1)N1CCCCC1. The van der Waals surface area contributed by atoms with Gasteiger partial charge in [0.15, 0.2) is 0 Å². The van der Waals surface area contributed by atoms with Crippen LogP contribution < -0.4 is 0 Å². The number of rotatable bonds is 2. The molecule has 0 unspecified atom stereocenters. The molecule has 2 aliphatic rings. The molecule has 1 amide bonds. The van der Waals surface area contributed by atoms with Crippen molar-refractivity contribution in [3.63, 3.8) is 0 Å². The molecular formula is C15H23N3O. The van der Waals surface area contributed by atoms with Crippen molar-refractivity contribution in [3.8, 4) is 0 Å². The van der Waals surface area contributed by atoms with Crippen molar-refractivity contribution in [1.82, 2.24) is 14.7 Å². The molecule has 1 aliphatic carbocycles. The number of aromatic nitrogens is 2. The Kier molecular flexibility index (Phi) is 3.85. The summed E-state index contributed by atoms with van der Waals surface area (Å²) in [5.74, 6) is 0.168. The van der Waals surface area contributed by atoms with Crippen LogP contribution in [0.5, 0.6) is 0 Å². The average molecular weight is 261 g/mol. The number of carbonyl (C=O) groups excluding carboxylic acids is 1. The van der Waals surface area contributed by atoms with E-state index in [-0.39, 0.29) is 5.91 Å². The summed E-state index contributed by atoms with van der Waals surface area (Å²) >= 11 is 0. The summed E-state index contributed by atoms with van der Waals surface area (Å²) in [6.07, 6.45) is 13.6. The molecular weight excluding hydrogens is 238 g/mol. The number of amides is 1. The van der Waals surface area contributed by atoms with Crippen LogP contribution in [-0.4, -0.2) is 33.7 Å². The number of carbonyl (C=O) groups is 1. The largest absolute Gasteiger partial charge is 0.339 e. The normalized spacial score (nSPS) is 21.6. The molecule has 104 valence electrons. The van der Waals surface area contributed by atoms with Gasteiger partial charge in [-0.2, -0.15) is 5.10 Å². The molecule has 0 radical (unpaired) electrons. The van der Waals surface area contributed by atoms with E-state index in [0.29, 0.717) is 6.04 Å². The standard InChI is InChI=1S/C15H23N3O/c19-15(17-9-5-2-6-10-17)13-11-16-18(12-13)14-7-3-1-4-8-14/h11-12,14H,1-10H2. The summed E-state index contributed by atoms with van der Waals surface area (Å²) < 4.78 is 2.02. The van der Waals surface area contributed by atoms with Crippen LogP contribution in [0.4, 0.5) is 0 Å². The maximum atomic E-state index is 12.4. The number of hydrogen-bond donors (Lipinski definition) is 0. The fourth-order valence-electron chi connectivity index (χ4n) is 3.27. The first-order valence-electron chi connectivity index (χ1n) is 7.68. The first kappa shape index (κ1) is 12.7. The summed E-state index contributed by atoms with van der Waals surface area (Å²) in [5, 5.41) is 4.42. The summed E-state index contributed by atoms with van der Waals surface area (Å²) in [6, 6.07) is 0.511. The average Bonchev–Trinajstić information content (AvgIpc) is 2.98. The second kappa shape index (κ2) is 5.76. The van der Waals surface area contributed by atoms with Gasteiger partial charge in [-0.15, -0.1) is 0 Å². The highest BCUT2D eigenvalue weighted by molar-refractivity contribution is 5.93. The Hall–Kier alpha value is -1.32. The predicted molar refractivity (Wildman–Crippen MR) is 74.1 cm³/mol. The number of hydrogen-bond acceptors (Lipinski definition) is 2. The lowest BCUT2D eigenvalue weighted by atomic mass is 9.96. The minimum absolute atomic E-state index is 0.168. The number of piperidine rings is 1. The van der Waals surface area contributed by atoms with Gasteiger partial charge in [-0.25, -0.2) is 0 Å². The molecule has 3 rings (SSSR count). The monoisotopic (exact) mass is 261 g/mol. The van der Waals surface area contributed by atoms with Crippen molar-refractivity contribution in [2.24, 2.45) is 0 Å². The molecule has 0 atom stereocenters. The van der Waals surface area contributed by atoms with Crippen LogP contribution in [0, 0.1) is 0 Å². The molecule has 4 heteroatoms. The third kappa shape index (κ3) is 2.82. The molecule has 2 fully saturated rings. The van der Waals surface area contributed by atoms with E-state index in [1.165, 1.54) is 38.5 Å². The second-order valence-corrected chi connectivity index (χ2v) is 5.85. The summed E-state index contributed by atoms with van der Waals surface area (Å²) in [6.45, 7) is 1.82. The van der Waals surface area contributed by atoms with Gasteiger partial charge in [-0.1, -0.05) is 19.3 Å². The lowest BCUT2D eigenvalue weighted by molar-refractivity contribution is 0.0724. The van der Waals surface area contributed by atoms with Crippen molar-refractivity contribution in [1.29, 1.82) is 0 Å². The van der Waals surface area contributed by atoms with Gasteiger partial charge in [-0.05, 0) is 32.1 Å². The van der Waals surface area contributed by atoms with Gasteiger partial charge in [0, 0.05) is 19.3 Å². The van der Waals surface area contributed by atoms with E-state index in [1.807, 2.05) is 15.8 Å². The molecule has 0 bridgehead atoms. The maximum absolute atomic E-state index is 12.4. The quantitative estimate of drug-likeness (QED) is 0.820. The van der Waals surface area contributed by atoms with E-state index in [1.54, 1.807) is 6.20 Å². The first-order chi connectivity index (χ1) is 9.34. The lowest BCUT2D eigenvalue weighted by Gasteiger charge is -2.26. The highest BCUT2D eigenvalue weighted by Crippen LogP contribution is 2.27. The van der Waals surface area contributed by atoms with E-state index in [4.69, 9.17) is 0 Å². The third-order valence-corrected chi connectivity index (χ3v) is 4.44. The van der Waals surface area contributed by atoms with Crippen LogP contribution in [0.25, 0.3) is 0 Å². The molecule has 0 N–H and O–H groups in total. The van der Waals surface area contributed by atoms with Crippen molar-refractivity contribution in [2.75, 3.05) is 13.1 Å². The predicted octanol–water partition coefficient (Wildman–Crippen LogP) is 3.01. The van der Waals surface area contributed by atoms with E-state index >= 15 is 0 Å². The fraction of sp³-hybridized carbons (Fsp3) is 0.733. The van der Waals surface area contributed by atoms with Crippen LogP contribution in [0.1, 0.15) is 67.8 Å². The Morgan fingerprint density at radius 3 is 2.47 bits per heavy atom. The molecule has 1 aromatic rings. The molecule has 1 aliphatic heterocycles. The number of likely N-dealkylation sites (tertiary alicyclic amines) is 1. The molecule has 1 saturated carbocycles. The minimum atomic E-state index is 0.168. The molecule has 1 aromatic heterocycles. The van der Waals surface area contributed by atoms with Gasteiger partial charge >= 0.3 is 0 Å². The van der Waals surface area contributed by atoms with Crippen LogP contribution in [0.15, 0.2) is 12.4 Å². The maximum Gasteiger partial charge on any atom is 0.257 e. The number of nitrogens with zero attached hydrogens (tertiary/aromatic N) is 3. The molecule has 4 nitrogen and oxygen atoms in total. The van der Waals surface area contributed by atoms with Gasteiger partial charge < -0.3 is 4.90 Å². The summed E-state index contributed by atoms with van der Waals surface area (Å²) in [4.78, 5) is 14.3. The van der Waals surface area contributed by atoms with Gasteiger partial charge in [-0.3, -0.25) is 9.48 Å². The van der Waals surface area contributed by atoms with Crippen LogP contribution in [0.3, 0.4) is 0 Å². The second-order valence-electron chi connectivity index (χ2n) is 5.85. The van der Waals surface area contributed by atoms with Gasteiger partial charge in [0.05, 0.1) is 17.8 Å². The molecule has 0 aromatic carbocycles. The summed E-state index contributed by atoms with van der Waals surface area (Å²) in [5.41, 5.74) is 0.771. The summed E-state index contributed by atoms with van der Waals surface area (Å²) in [7, 11) is 0. The molecule has 0 spiro atoms. The lowest BCUT2D eigenvalue weighted by Crippen LogP contribution is -2.35. The zero-order valence-corrected chi connectivity index (χ0v) is 11.6. The van der Waals surface area contributed by atoms with Crippen LogP contribution >= 0.6 is 0 Å². The smallest absolute Gasteiger partial charge is 0.257 e. The fourth-order valence-corrected chi connectivity index (χ4v) is 3.27. The van der Waals surface area contributed by atoms with Crippen LogP contribution in [-0.2, 0) is 0 Å². The van der Waals surface area contributed by atoms with E-state index in [2.05, 4.69) is 5.10 Å². The van der Waals surface area contributed by atoms with Crippen LogP contribution in [0.2, 0.25) is 0 Å². The molecule has 19 heavy (non-hydrogen) atoms. The highest BCUT2D eigenvalue weighted by atomic mass is 16.2. The molecule has 1 saturated heterocycles. The van der Waals surface area contributed by atoms with Crippen molar-refractivity contribution in [3.05, 3.63) is 18.0 Å². The van der Waals surface area contributed by atoms with E-state index < -0.39 is 0 Å². The van der Waals surface area contributed by atoms with E-state index in [0.717, 1.165) is 31.5 Å². The molecule has 2 heterocycles. The van der Waals surface area contributed by atoms with Crippen molar-refractivity contribution in [2.45, 2.75) is 57.4 Å². The first-order valence-corrected chi connectivity index (χ1v) is 7.68. The Morgan fingerprint density at radius 2 is 1.74 bits per heavy atom. The zero-order chi connectivity index (χ0) is 13.1. The van der Waals surface area contributed by atoms with Crippen molar-refractivity contribution < 1.29 is 4.79 Å². The van der Waals surface area contributed by atoms with E-state index in [9.17, 15) is 4.79 Å². The Labute approximate surface area is 114 Å². The zero-order valence-electron chi connectivity index (χ0n) is 11.6. The third-order valence-electron chi connectivity index (χ3n) is 4.44. The van der Waals surface area contributed by atoms with Gasteiger partial charge in [0.25, 0.3) is 5.91 Å².